The van der Waals surface area contributed by atoms with Crippen LogP contribution in [0.5, 0.6) is 0 Å². The van der Waals surface area contributed by atoms with Gasteiger partial charge in [0.15, 0.2) is 0 Å². The molecule has 0 spiro atoms. The van der Waals surface area contributed by atoms with Gasteiger partial charge >= 0.3 is 0 Å². The standard InChI is InChI=1S/C16H19ClN4O3S2/c1-20(26(23,24)16-7-5-13(17)25-16)11-15(22)19-12-4-6-14(18-10-12)21-8-2-3-9-21/h4-7,10H,2-3,8-9,11H2,1H3,(H,19,22). The van der Waals surface area contributed by atoms with Crippen molar-refractivity contribution in [3.8, 4) is 0 Å². The summed E-state index contributed by atoms with van der Waals surface area (Å²) in [7, 11) is -2.38. The molecule has 1 fully saturated rings. The molecule has 140 valence electrons. The van der Waals surface area contributed by atoms with Gasteiger partial charge in [-0.25, -0.2) is 13.4 Å². The van der Waals surface area contributed by atoms with Crippen LogP contribution in [-0.4, -0.2) is 50.3 Å². The second kappa shape index (κ2) is 7.91. The highest BCUT2D eigenvalue weighted by Gasteiger charge is 2.24. The first-order chi connectivity index (χ1) is 12.4. The van der Waals surface area contributed by atoms with Crippen molar-refractivity contribution >= 4 is 50.4 Å². The third kappa shape index (κ3) is 4.35. The molecule has 1 aliphatic rings. The van der Waals surface area contributed by atoms with E-state index in [4.69, 9.17) is 11.6 Å². The van der Waals surface area contributed by atoms with E-state index in [1.165, 1.54) is 19.2 Å². The molecule has 0 aromatic carbocycles. The lowest BCUT2D eigenvalue weighted by Crippen LogP contribution is -2.34. The Bertz CT molecular complexity index is 877. The van der Waals surface area contributed by atoms with E-state index >= 15 is 0 Å². The van der Waals surface area contributed by atoms with Crippen molar-refractivity contribution in [2.24, 2.45) is 0 Å². The lowest BCUT2D eigenvalue weighted by atomic mass is 10.3. The Morgan fingerprint density at radius 2 is 2.04 bits per heavy atom. The molecule has 2 aromatic rings. The highest BCUT2D eigenvalue weighted by molar-refractivity contribution is 7.91. The van der Waals surface area contributed by atoms with Crippen LogP contribution in [0.2, 0.25) is 4.34 Å². The maximum Gasteiger partial charge on any atom is 0.252 e. The number of hydrogen-bond donors (Lipinski definition) is 1. The van der Waals surface area contributed by atoms with E-state index in [2.05, 4.69) is 15.2 Å². The lowest BCUT2D eigenvalue weighted by molar-refractivity contribution is -0.116. The largest absolute Gasteiger partial charge is 0.357 e. The Hall–Kier alpha value is -1.68. The van der Waals surface area contributed by atoms with Crippen LogP contribution in [-0.2, 0) is 14.8 Å². The van der Waals surface area contributed by atoms with Gasteiger partial charge in [-0.1, -0.05) is 11.6 Å². The maximum atomic E-state index is 12.4. The number of amides is 1. The van der Waals surface area contributed by atoms with Crippen molar-refractivity contribution in [3.63, 3.8) is 0 Å². The third-order valence-electron chi connectivity index (χ3n) is 4.04. The van der Waals surface area contributed by atoms with Crippen LogP contribution in [0.25, 0.3) is 0 Å². The first-order valence-corrected chi connectivity index (χ1v) is 10.7. The molecule has 0 bridgehead atoms. The minimum Gasteiger partial charge on any atom is -0.357 e. The van der Waals surface area contributed by atoms with Crippen LogP contribution in [0.1, 0.15) is 12.8 Å². The molecule has 3 rings (SSSR count). The summed E-state index contributed by atoms with van der Waals surface area (Å²) >= 11 is 6.75. The number of pyridine rings is 1. The second-order valence-electron chi connectivity index (χ2n) is 5.97. The van der Waals surface area contributed by atoms with Crippen LogP contribution in [0, 0.1) is 0 Å². The Labute approximate surface area is 161 Å². The van der Waals surface area contributed by atoms with Gasteiger partial charge in [-0.05, 0) is 37.1 Å². The number of rotatable bonds is 6. The van der Waals surface area contributed by atoms with E-state index < -0.39 is 15.9 Å². The third-order valence-corrected chi connectivity index (χ3v) is 7.54. The number of thiophene rings is 1. The van der Waals surface area contributed by atoms with Gasteiger partial charge in [0.2, 0.25) is 5.91 Å². The molecule has 0 saturated carbocycles. The summed E-state index contributed by atoms with van der Waals surface area (Å²) in [6.45, 7) is 1.69. The van der Waals surface area contributed by atoms with Crippen molar-refractivity contribution < 1.29 is 13.2 Å². The zero-order chi connectivity index (χ0) is 18.7. The quantitative estimate of drug-likeness (QED) is 0.785. The molecule has 2 aromatic heterocycles. The number of carbonyl (C=O) groups is 1. The SMILES string of the molecule is CN(CC(=O)Nc1ccc(N2CCCC2)nc1)S(=O)(=O)c1ccc(Cl)s1. The highest BCUT2D eigenvalue weighted by Crippen LogP contribution is 2.27. The molecule has 10 heteroatoms. The van der Waals surface area contributed by atoms with E-state index in [-0.39, 0.29) is 10.8 Å². The fourth-order valence-electron chi connectivity index (χ4n) is 2.67. The van der Waals surface area contributed by atoms with E-state index in [1.807, 2.05) is 6.07 Å². The van der Waals surface area contributed by atoms with Gasteiger partial charge in [0.25, 0.3) is 10.0 Å². The molecule has 0 atom stereocenters. The van der Waals surface area contributed by atoms with Gasteiger partial charge in [-0.15, -0.1) is 11.3 Å². The summed E-state index contributed by atoms with van der Waals surface area (Å²) in [5.41, 5.74) is 0.530. The normalized spacial score (nSPS) is 14.8. The summed E-state index contributed by atoms with van der Waals surface area (Å²) < 4.78 is 26.3. The molecule has 0 aliphatic carbocycles. The van der Waals surface area contributed by atoms with Crippen LogP contribution < -0.4 is 10.2 Å². The van der Waals surface area contributed by atoms with Crippen LogP contribution in [0.15, 0.2) is 34.7 Å². The van der Waals surface area contributed by atoms with E-state index in [0.717, 1.165) is 47.4 Å². The Morgan fingerprint density at radius 1 is 1.31 bits per heavy atom. The topological polar surface area (TPSA) is 82.6 Å². The van der Waals surface area contributed by atoms with E-state index in [1.54, 1.807) is 12.3 Å². The first kappa shape index (κ1) is 19.1. The minimum atomic E-state index is -3.74. The molecule has 1 saturated heterocycles. The first-order valence-electron chi connectivity index (χ1n) is 8.09. The zero-order valence-corrected chi connectivity index (χ0v) is 16.6. The fourth-order valence-corrected chi connectivity index (χ4v) is 5.49. The predicted octanol–water partition coefficient (Wildman–Crippen LogP) is 2.66. The summed E-state index contributed by atoms with van der Waals surface area (Å²) in [6.07, 6.45) is 3.91. The summed E-state index contributed by atoms with van der Waals surface area (Å²) in [4.78, 5) is 18.7. The lowest BCUT2D eigenvalue weighted by Gasteiger charge is -2.17. The molecule has 3 heterocycles. The van der Waals surface area contributed by atoms with Crippen molar-refractivity contribution in [3.05, 3.63) is 34.8 Å². The average Bonchev–Trinajstić information content (AvgIpc) is 3.27. The van der Waals surface area contributed by atoms with E-state index in [9.17, 15) is 13.2 Å². The molecular weight excluding hydrogens is 396 g/mol. The van der Waals surface area contributed by atoms with Crippen molar-refractivity contribution in [1.29, 1.82) is 0 Å². The molecule has 7 nitrogen and oxygen atoms in total. The minimum absolute atomic E-state index is 0.106. The molecule has 1 aliphatic heterocycles. The van der Waals surface area contributed by atoms with Crippen LogP contribution >= 0.6 is 22.9 Å². The molecule has 1 N–H and O–H groups in total. The summed E-state index contributed by atoms with van der Waals surface area (Å²) in [5, 5.41) is 2.67. The number of hydrogen-bond acceptors (Lipinski definition) is 6. The Morgan fingerprint density at radius 3 is 2.62 bits per heavy atom. The summed E-state index contributed by atoms with van der Waals surface area (Å²) in [5.74, 6) is 0.448. The monoisotopic (exact) mass is 414 g/mol. The number of aromatic nitrogens is 1. The molecule has 1 amide bonds. The molecular formula is C16H19ClN4O3S2. The highest BCUT2D eigenvalue weighted by atomic mass is 35.5. The number of nitrogens with zero attached hydrogens (tertiary/aromatic N) is 3. The molecule has 0 unspecified atom stereocenters. The van der Waals surface area contributed by atoms with Gasteiger partial charge in [0.1, 0.15) is 10.0 Å². The van der Waals surface area contributed by atoms with Crippen LogP contribution in [0.4, 0.5) is 11.5 Å². The predicted molar refractivity (Wildman–Crippen MR) is 103 cm³/mol. The van der Waals surface area contributed by atoms with Gasteiger partial charge in [-0.3, -0.25) is 4.79 Å². The van der Waals surface area contributed by atoms with Gasteiger partial charge in [0.05, 0.1) is 22.8 Å². The molecule has 0 radical (unpaired) electrons. The van der Waals surface area contributed by atoms with Crippen LogP contribution in [0.3, 0.4) is 0 Å². The van der Waals surface area contributed by atoms with Gasteiger partial charge in [-0.2, -0.15) is 4.31 Å². The van der Waals surface area contributed by atoms with Gasteiger partial charge < -0.3 is 10.2 Å². The molecule has 26 heavy (non-hydrogen) atoms. The summed E-state index contributed by atoms with van der Waals surface area (Å²) in [6, 6.07) is 6.57. The number of likely N-dealkylation sites (N-methyl/N-ethyl adjacent to an activating group) is 1. The maximum absolute atomic E-state index is 12.4. The number of sulfonamides is 1. The zero-order valence-electron chi connectivity index (χ0n) is 14.2. The van der Waals surface area contributed by atoms with Gasteiger partial charge in [0, 0.05) is 20.1 Å². The fraction of sp³-hybridized carbons (Fsp3) is 0.375. The average molecular weight is 415 g/mol. The number of anilines is 2. The van der Waals surface area contributed by atoms with Crippen molar-refractivity contribution in [1.82, 2.24) is 9.29 Å². The smallest absolute Gasteiger partial charge is 0.252 e. The number of carbonyl (C=O) groups excluding carboxylic acids is 1. The van der Waals surface area contributed by atoms with Crippen molar-refractivity contribution in [2.45, 2.75) is 17.1 Å². The second-order valence-corrected chi connectivity index (χ2v) is 9.95. The Kier molecular flexibility index (Phi) is 5.81. The van der Waals surface area contributed by atoms with E-state index in [0.29, 0.717) is 10.0 Å². The Balaban J connectivity index is 1.59. The number of halogens is 1. The van der Waals surface area contributed by atoms with Crippen molar-refractivity contribution in [2.75, 3.05) is 36.9 Å². The number of nitrogens with one attached hydrogen (secondary N) is 1.